The largest absolute Gasteiger partial charge is 0.370 e. The smallest absolute Gasteiger partial charge is 0.188 e. The highest BCUT2D eigenvalue weighted by Crippen LogP contribution is 2.08. The Labute approximate surface area is 111 Å². The van der Waals surface area contributed by atoms with Crippen LogP contribution < -0.4 is 11.1 Å². The van der Waals surface area contributed by atoms with Crippen molar-refractivity contribution in [2.45, 2.75) is 40.0 Å². The SMILES string of the molecule is CCCCN=C(N)NCCc1cc(C)cc(C)c1. The zero-order valence-corrected chi connectivity index (χ0v) is 11.8. The molecule has 3 nitrogen and oxygen atoms in total. The van der Waals surface area contributed by atoms with E-state index in [-0.39, 0.29) is 0 Å². The molecule has 0 aliphatic heterocycles. The Morgan fingerprint density at radius 1 is 1.22 bits per heavy atom. The van der Waals surface area contributed by atoms with Crippen LogP contribution in [-0.2, 0) is 6.42 Å². The quantitative estimate of drug-likeness (QED) is 0.461. The van der Waals surface area contributed by atoms with Gasteiger partial charge in [-0.05, 0) is 32.3 Å². The highest BCUT2D eigenvalue weighted by Gasteiger charge is 1.97. The second kappa shape index (κ2) is 7.75. The van der Waals surface area contributed by atoms with Gasteiger partial charge in [0.2, 0.25) is 0 Å². The van der Waals surface area contributed by atoms with Crippen LogP contribution in [0, 0.1) is 13.8 Å². The van der Waals surface area contributed by atoms with Gasteiger partial charge in [-0.2, -0.15) is 0 Å². The summed E-state index contributed by atoms with van der Waals surface area (Å²) in [5, 5.41) is 3.16. The summed E-state index contributed by atoms with van der Waals surface area (Å²) in [6.07, 6.45) is 3.23. The Morgan fingerprint density at radius 3 is 2.50 bits per heavy atom. The zero-order chi connectivity index (χ0) is 13.4. The van der Waals surface area contributed by atoms with Crippen molar-refractivity contribution in [2.75, 3.05) is 13.1 Å². The molecule has 0 radical (unpaired) electrons. The summed E-state index contributed by atoms with van der Waals surface area (Å²) in [4.78, 5) is 4.26. The van der Waals surface area contributed by atoms with Crippen LogP contribution in [0.1, 0.15) is 36.5 Å². The molecule has 0 saturated heterocycles. The average molecular weight is 247 g/mol. The van der Waals surface area contributed by atoms with E-state index in [2.05, 4.69) is 49.3 Å². The van der Waals surface area contributed by atoms with Gasteiger partial charge in [0.25, 0.3) is 0 Å². The predicted octanol–water partition coefficient (Wildman–Crippen LogP) is 2.55. The number of nitrogens with zero attached hydrogens (tertiary/aromatic N) is 1. The fourth-order valence-electron chi connectivity index (χ4n) is 1.96. The third-order valence-corrected chi connectivity index (χ3v) is 2.80. The zero-order valence-electron chi connectivity index (χ0n) is 11.8. The van der Waals surface area contributed by atoms with Crippen molar-refractivity contribution in [3.05, 3.63) is 34.9 Å². The molecule has 3 heteroatoms. The summed E-state index contributed by atoms with van der Waals surface area (Å²) in [6, 6.07) is 6.63. The first kappa shape index (κ1) is 14.6. The summed E-state index contributed by atoms with van der Waals surface area (Å²) >= 11 is 0. The number of unbranched alkanes of at least 4 members (excludes halogenated alkanes) is 1. The molecule has 0 spiro atoms. The van der Waals surface area contributed by atoms with Gasteiger partial charge in [-0.25, -0.2) is 0 Å². The summed E-state index contributed by atoms with van der Waals surface area (Å²) < 4.78 is 0. The van der Waals surface area contributed by atoms with Crippen molar-refractivity contribution in [1.82, 2.24) is 5.32 Å². The van der Waals surface area contributed by atoms with Crippen molar-refractivity contribution < 1.29 is 0 Å². The fourth-order valence-corrected chi connectivity index (χ4v) is 1.96. The minimum absolute atomic E-state index is 0.563. The van der Waals surface area contributed by atoms with Crippen LogP contribution >= 0.6 is 0 Å². The highest BCUT2D eigenvalue weighted by molar-refractivity contribution is 5.77. The van der Waals surface area contributed by atoms with Crippen molar-refractivity contribution in [3.63, 3.8) is 0 Å². The average Bonchev–Trinajstić information content (AvgIpc) is 2.28. The van der Waals surface area contributed by atoms with E-state index in [0.29, 0.717) is 5.96 Å². The number of guanidine groups is 1. The van der Waals surface area contributed by atoms with Crippen molar-refractivity contribution >= 4 is 5.96 Å². The first-order valence-corrected chi connectivity index (χ1v) is 6.72. The van der Waals surface area contributed by atoms with Crippen LogP contribution in [0.25, 0.3) is 0 Å². The molecule has 0 unspecified atom stereocenters. The number of nitrogens with two attached hydrogens (primary N) is 1. The molecule has 0 aromatic heterocycles. The molecule has 0 aliphatic carbocycles. The molecule has 0 amide bonds. The Hall–Kier alpha value is -1.51. The highest BCUT2D eigenvalue weighted by atomic mass is 15.1. The van der Waals surface area contributed by atoms with Crippen molar-refractivity contribution in [1.29, 1.82) is 0 Å². The van der Waals surface area contributed by atoms with Crippen LogP contribution in [-0.4, -0.2) is 19.0 Å². The molecule has 0 aliphatic rings. The van der Waals surface area contributed by atoms with E-state index in [1.807, 2.05) is 0 Å². The standard InChI is InChI=1S/C15H25N3/c1-4-5-7-17-15(16)18-8-6-14-10-12(2)9-13(3)11-14/h9-11H,4-8H2,1-3H3,(H3,16,17,18). The van der Waals surface area contributed by atoms with E-state index in [0.717, 1.165) is 32.4 Å². The molecule has 1 rings (SSSR count). The van der Waals surface area contributed by atoms with Gasteiger partial charge in [0.05, 0.1) is 0 Å². The normalized spacial score (nSPS) is 11.6. The number of nitrogens with one attached hydrogen (secondary N) is 1. The van der Waals surface area contributed by atoms with Gasteiger partial charge in [-0.3, -0.25) is 4.99 Å². The Kier molecular flexibility index (Phi) is 6.26. The Morgan fingerprint density at radius 2 is 1.89 bits per heavy atom. The fraction of sp³-hybridized carbons (Fsp3) is 0.533. The maximum atomic E-state index is 5.78. The summed E-state index contributed by atoms with van der Waals surface area (Å²) in [6.45, 7) is 8.07. The third-order valence-electron chi connectivity index (χ3n) is 2.80. The molecule has 0 saturated carbocycles. The molecule has 3 N–H and O–H groups in total. The number of benzene rings is 1. The third kappa shape index (κ3) is 5.71. The first-order chi connectivity index (χ1) is 8.61. The van der Waals surface area contributed by atoms with Crippen LogP contribution in [0.3, 0.4) is 0 Å². The lowest BCUT2D eigenvalue weighted by Gasteiger charge is -2.07. The molecular weight excluding hydrogens is 222 g/mol. The van der Waals surface area contributed by atoms with E-state index < -0.39 is 0 Å². The lowest BCUT2D eigenvalue weighted by Crippen LogP contribution is -2.33. The molecule has 100 valence electrons. The molecule has 0 fully saturated rings. The molecular formula is C15H25N3. The van der Waals surface area contributed by atoms with Gasteiger partial charge in [-0.1, -0.05) is 42.7 Å². The second-order valence-electron chi connectivity index (χ2n) is 4.79. The van der Waals surface area contributed by atoms with Crippen LogP contribution in [0.15, 0.2) is 23.2 Å². The van der Waals surface area contributed by atoms with E-state index in [9.17, 15) is 0 Å². The molecule has 18 heavy (non-hydrogen) atoms. The topological polar surface area (TPSA) is 50.4 Å². The van der Waals surface area contributed by atoms with Gasteiger partial charge in [-0.15, -0.1) is 0 Å². The molecule has 0 bridgehead atoms. The van der Waals surface area contributed by atoms with Gasteiger partial charge in [0.15, 0.2) is 5.96 Å². The van der Waals surface area contributed by atoms with Gasteiger partial charge in [0, 0.05) is 13.1 Å². The second-order valence-corrected chi connectivity index (χ2v) is 4.79. The van der Waals surface area contributed by atoms with E-state index in [4.69, 9.17) is 5.73 Å². The van der Waals surface area contributed by atoms with Crippen LogP contribution in [0.2, 0.25) is 0 Å². The molecule has 1 aromatic carbocycles. The van der Waals surface area contributed by atoms with Crippen LogP contribution in [0.4, 0.5) is 0 Å². The summed E-state index contributed by atoms with van der Waals surface area (Å²) in [5.74, 6) is 0.563. The lowest BCUT2D eigenvalue weighted by atomic mass is 10.1. The van der Waals surface area contributed by atoms with Crippen LogP contribution in [0.5, 0.6) is 0 Å². The number of aryl methyl sites for hydroxylation is 2. The molecule has 1 aromatic rings. The minimum atomic E-state index is 0.563. The predicted molar refractivity (Wildman–Crippen MR) is 79.0 cm³/mol. The van der Waals surface area contributed by atoms with Crippen molar-refractivity contribution in [3.8, 4) is 0 Å². The Balaban J connectivity index is 2.34. The van der Waals surface area contributed by atoms with E-state index in [1.54, 1.807) is 0 Å². The van der Waals surface area contributed by atoms with Crippen molar-refractivity contribution in [2.24, 2.45) is 10.7 Å². The number of hydrogen-bond donors (Lipinski definition) is 2. The minimum Gasteiger partial charge on any atom is -0.370 e. The molecule has 0 atom stereocenters. The number of rotatable bonds is 6. The number of aliphatic imine (C=N–C) groups is 1. The first-order valence-electron chi connectivity index (χ1n) is 6.72. The van der Waals surface area contributed by atoms with Gasteiger partial charge in [0.1, 0.15) is 0 Å². The van der Waals surface area contributed by atoms with Gasteiger partial charge >= 0.3 is 0 Å². The summed E-state index contributed by atoms with van der Waals surface area (Å²) in [5.41, 5.74) is 9.75. The maximum Gasteiger partial charge on any atom is 0.188 e. The molecule has 0 heterocycles. The lowest BCUT2D eigenvalue weighted by molar-refractivity contribution is 0.790. The Bertz CT molecular complexity index is 376. The number of hydrogen-bond acceptors (Lipinski definition) is 1. The summed E-state index contributed by atoms with van der Waals surface area (Å²) in [7, 11) is 0. The monoisotopic (exact) mass is 247 g/mol. The van der Waals surface area contributed by atoms with E-state index in [1.165, 1.54) is 16.7 Å². The van der Waals surface area contributed by atoms with Gasteiger partial charge < -0.3 is 11.1 Å². The van der Waals surface area contributed by atoms with E-state index >= 15 is 0 Å². The maximum absolute atomic E-state index is 5.78.